The van der Waals surface area contributed by atoms with Crippen molar-refractivity contribution >= 4 is 55.9 Å². The van der Waals surface area contributed by atoms with E-state index in [9.17, 15) is 9.59 Å². The van der Waals surface area contributed by atoms with Crippen LogP contribution in [0.5, 0.6) is 0 Å². The molecule has 0 saturated heterocycles. The van der Waals surface area contributed by atoms with Crippen LogP contribution in [0.15, 0.2) is 53.1 Å². The number of benzene rings is 2. The number of nitrogens with zero attached hydrogens (tertiary/aromatic N) is 1. The van der Waals surface area contributed by atoms with E-state index in [4.69, 9.17) is 11.6 Å². The Morgan fingerprint density at radius 1 is 1.13 bits per heavy atom. The van der Waals surface area contributed by atoms with E-state index in [1.807, 2.05) is 12.1 Å². The van der Waals surface area contributed by atoms with Crippen LogP contribution in [0.2, 0.25) is 5.02 Å². The Labute approximate surface area is 146 Å². The molecular weight excluding hydrogens is 380 g/mol. The molecule has 23 heavy (non-hydrogen) atoms. The van der Waals surface area contributed by atoms with Crippen LogP contribution < -0.4 is 5.32 Å². The molecular formula is C17H12BrClN2O2. The Morgan fingerprint density at radius 3 is 2.48 bits per heavy atom. The fourth-order valence-corrected chi connectivity index (χ4v) is 2.80. The number of fused-ring (bicyclic) bond motifs is 1. The summed E-state index contributed by atoms with van der Waals surface area (Å²) in [5.41, 5.74) is 1.72. The Bertz CT molecular complexity index is 916. The summed E-state index contributed by atoms with van der Waals surface area (Å²) >= 11 is 9.35. The van der Waals surface area contributed by atoms with Gasteiger partial charge in [-0.25, -0.2) is 0 Å². The van der Waals surface area contributed by atoms with E-state index in [2.05, 4.69) is 21.2 Å². The van der Waals surface area contributed by atoms with Gasteiger partial charge in [0.1, 0.15) is 0 Å². The van der Waals surface area contributed by atoms with Crippen LogP contribution in [0.1, 0.15) is 22.1 Å². The standard InChI is InChI=1S/C17H12BrClN2O2/c1-10(22)21-9-15(14-7-4-12(19)8-16(14)21)17(23)20-13-5-2-11(18)3-6-13/h2-9H,1H3,(H,20,23). The molecule has 4 nitrogen and oxygen atoms in total. The minimum atomic E-state index is -0.278. The van der Waals surface area contributed by atoms with E-state index >= 15 is 0 Å². The zero-order valence-corrected chi connectivity index (χ0v) is 14.5. The summed E-state index contributed by atoms with van der Waals surface area (Å²) in [6.07, 6.45) is 1.54. The summed E-state index contributed by atoms with van der Waals surface area (Å²) in [5, 5.41) is 4.02. The molecule has 0 radical (unpaired) electrons. The van der Waals surface area contributed by atoms with Crippen LogP contribution >= 0.6 is 27.5 Å². The monoisotopic (exact) mass is 390 g/mol. The van der Waals surface area contributed by atoms with Crippen molar-refractivity contribution in [2.75, 3.05) is 5.32 Å². The van der Waals surface area contributed by atoms with Gasteiger partial charge in [-0.05, 0) is 36.4 Å². The van der Waals surface area contributed by atoms with Crippen molar-refractivity contribution in [3.8, 4) is 0 Å². The lowest BCUT2D eigenvalue weighted by Gasteiger charge is -2.04. The van der Waals surface area contributed by atoms with Gasteiger partial charge in [0, 0.05) is 33.7 Å². The molecule has 116 valence electrons. The predicted molar refractivity (Wildman–Crippen MR) is 95.3 cm³/mol. The second-order valence-corrected chi connectivity index (χ2v) is 6.41. The first-order valence-corrected chi connectivity index (χ1v) is 8.01. The average molecular weight is 392 g/mol. The second kappa shape index (κ2) is 6.18. The van der Waals surface area contributed by atoms with Crippen LogP contribution in [-0.2, 0) is 0 Å². The SMILES string of the molecule is CC(=O)n1cc(C(=O)Nc2ccc(Br)cc2)c2ccc(Cl)cc21. The van der Waals surface area contributed by atoms with Gasteiger partial charge in [-0.2, -0.15) is 0 Å². The number of nitrogens with one attached hydrogen (secondary N) is 1. The van der Waals surface area contributed by atoms with Crippen molar-refractivity contribution in [2.45, 2.75) is 6.92 Å². The van der Waals surface area contributed by atoms with Gasteiger partial charge in [-0.3, -0.25) is 14.2 Å². The van der Waals surface area contributed by atoms with Gasteiger partial charge >= 0.3 is 0 Å². The molecule has 2 aromatic carbocycles. The van der Waals surface area contributed by atoms with Crippen molar-refractivity contribution in [3.63, 3.8) is 0 Å². The summed E-state index contributed by atoms with van der Waals surface area (Å²) in [6.45, 7) is 1.44. The maximum absolute atomic E-state index is 12.6. The highest BCUT2D eigenvalue weighted by molar-refractivity contribution is 9.10. The van der Waals surface area contributed by atoms with Gasteiger partial charge in [0.2, 0.25) is 5.91 Å². The molecule has 0 aliphatic heterocycles. The van der Waals surface area contributed by atoms with Crippen molar-refractivity contribution in [1.29, 1.82) is 0 Å². The lowest BCUT2D eigenvalue weighted by atomic mass is 10.1. The largest absolute Gasteiger partial charge is 0.322 e. The number of hydrogen-bond acceptors (Lipinski definition) is 2. The Hall–Kier alpha value is -2.11. The quantitative estimate of drug-likeness (QED) is 0.670. The fraction of sp³-hybridized carbons (Fsp3) is 0.0588. The molecule has 6 heteroatoms. The van der Waals surface area contributed by atoms with Crippen LogP contribution in [-0.4, -0.2) is 16.4 Å². The molecule has 0 aliphatic carbocycles. The van der Waals surface area contributed by atoms with Crippen LogP contribution in [0.3, 0.4) is 0 Å². The van der Waals surface area contributed by atoms with Gasteiger partial charge in [-0.1, -0.05) is 33.6 Å². The van der Waals surface area contributed by atoms with E-state index in [0.717, 1.165) is 4.47 Å². The number of carbonyl (C=O) groups excluding carboxylic acids is 2. The lowest BCUT2D eigenvalue weighted by Crippen LogP contribution is -2.11. The third-order valence-corrected chi connectivity index (χ3v) is 4.22. The molecule has 0 spiro atoms. The zero-order valence-electron chi connectivity index (χ0n) is 12.1. The Kier molecular flexibility index (Phi) is 4.24. The molecule has 1 N–H and O–H groups in total. The molecule has 1 amide bonds. The Balaban J connectivity index is 2.03. The number of rotatable bonds is 2. The van der Waals surface area contributed by atoms with Crippen LogP contribution in [0.25, 0.3) is 10.9 Å². The molecule has 0 saturated carbocycles. The van der Waals surface area contributed by atoms with E-state index in [0.29, 0.717) is 27.2 Å². The number of aromatic nitrogens is 1. The molecule has 0 unspecified atom stereocenters. The first-order valence-electron chi connectivity index (χ1n) is 6.84. The molecule has 0 fully saturated rings. The molecule has 1 aromatic heterocycles. The minimum Gasteiger partial charge on any atom is -0.322 e. The average Bonchev–Trinajstić information content (AvgIpc) is 2.88. The maximum atomic E-state index is 12.6. The summed E-state index contributed by atoms with van der Waals surface area (Å²) < 4.78 is 2.36. The molecule has 0 atom stereocenters. The van der Waals surface area contributed by atoms with E-state index in [1.54, 1.807) is 30.3 Å². The van der Waals surface area contributed by atoms with Crippen LogP contribution in [0, 0.1) is 0 Å². The zero-order chi connectivity index (χ0) is 16.6. The first-order chi connectivity index (χ1) is 11.0. The van der Waals surface area contributed by atoms with Crippen molar-refractivity contribution < 1.29 is 9.59 Å². The number of halogens is 2. The van der Waals surface area contributed by atoms with Gasteiger partial charge in [0.25, 0.3) is 5.91 Å². The fourth-order valence-electron chi connectivity index (χ4n) is 2.37. The number of anilines is 1. The predicted octanol–water partition coefficient (Wildman–Crippen LogP) is 4.97. The Morgan fingerprint density at radius 2 is 1.83 bits per heavy atom. The summed E-state index contributed by atoms with van der Waals surface area (Å²) in [4.78, 5) is 24.3. The van der Waals surface area contributed by atoms with Gasteiger partial charge in [-0.15, -0.1) is 0 Å². The third-order valence-electron chi connectivity index (χ3n) is 3.45. The highest BCUT2D eigenvalue weighted by Crippen LogP contribution is 2.26. The van der Waals surface area contributed by atoms with Gasteiger partial charge in [0.15, 0.2) is 0 Å². The summed E-state index contributed by atoms with van der Waals surface area (Å²) in [7, 11) is 0. The molecule has 3 rings (SSSR count). The highest BCUT2D eigenvalue weighted by atomic mass is 79.9. The number of hydrogen-bond donors (Lipinski definition) is 1. The molecule has 1 heterocycles. The molecule has 0 bridgehead atoms. The molecule has 3 aromatic rings. The van der Waals surface area contributed by atoms with E-state index in [-0.39, 0.29) is 11.8 Å². The normalized spacial score (nSPS) is 10.7. The van der Waals surface area contributed by atoms with E-state index < -0.39 is 0 Å². The van der Waals surface area contributed by atoms with Crippen molar-refractivity contribution in [3.05, 3.63) is 63.7 Å². The van der Waals surface area contributed by atoms with Crippen molar-refractivity contribution in [2.24, 2.45) is 0 Å². The number of amides is 1. The summed E-state index contributed by atoms with van der Waals surface area (Å²) in [6, 6.07) is 12.4. The smallest absolute Gasteiger partial charge is 0.257 e. The number of carbonyl (C=O) groups is 2. The first kappa shape index (κ1) is 15.8. The topological polar surface area (TPSA) is 51.1 Å². The van der Waals surface area contributed by atoms with E-state index in [1.165, 1.54) is 17.7 Å². The summed E-state index contributed by atoms with van der Waals surface area (Å²) in [5.74, 6) is -0.459. The van der Waals surface area contributed by atoms with Crippen LogP contribution in [0.4, 0.5) is 5.69 Å². The highest BCUT2D eigenvalue weighted by Gasteiger charge is 2.17. The second-order valence-electron chi connectivity index (χ2n) is 5.05. The minimum absolute atomic E-state index is 0.181. The van der Waals surface area contributed by atoms with Gasteiger partial charge < -0.3 is 5.32 Å². The third kappa shape index (κ3) is 3.16. The molecule has 0 aliphatic rings. The van der Waals surface area contributed by atoms with Crippen molar-refractivity contribution in [1.82, 2.24) is 4.57 Å². The van der Waals surface area contributed by atoms with Gasteiger partial charge in [0.05, 0.1) is 11.1 Å². The maximum Gasteiger partial charge on any atom is 0.257 e. The lowest BCUT2D eigenvalue weighted by molar-refractivity contribution is 0.0941.